The lowest BCUT2D eigenvalue weighted by Crippen LogP contribution is -2.23. The molecule has 0 saturated carbocycles. The molecule has 0 aliphatic rings. The summed E-state index contributed by atoms with van der Waals surface area (Å²) in [5.41, 5.74) is 6.58. The normalized spacial score (nSPS) is 10.1. The molecular formula is C13H12FN3O. The Hall–Kier alpha value is -2.43. The molecule has 0 aliphatic carbocycles. The molecule has 0 saturated heterocycles. The van der Waals surface area contributed by atoms with Crippen molar-refractivity contribution < 1.29 is 9.18 Å². The molecule has 2 aromatic rings. The number of rotatable bonds is 3. The molecule has 92 valence electrons. The van der Waals surface area contributed by atoms with Crippen molar-refractivity contribution in [1.29, 1.82) is 0 Å². The van der Waals surface area contributed by atoms with Crippen molar-refractivity contribution in [2.75, 3.05) is 5.73 Å². The highest BCUT2D eigenvalue weighted by atomic mass is 19.1. The summed E-state index contributed by atoms with van der Waals surface area (Å²) in [6.07, 6.45) is 3.32. The van der Waals surface area contributed by atoms with Gasteiger partial charge in [-0.2, -0.15) is 0 Å². The molecule has 0 bridgehead atoms. The first kappa shape index (κ1) is 12.0. The zero-order valence-electron chi connectivity index (χ0n) is 9.56. The predicted octanol–water partition coefficient (Wildman–Crippen LogP) is 1.73. The van der Waals surface area contributed by atoms with Gasteiger partial charge in [-0.15, -0.1) is 0 Å². The van der Waals surface area contributed by atoms with Gasteiger partial charge in [0.25, 0.3) is 5.91 Å². The Bertz CT molecular complexity index is 557. The average molecular weight is 245 g/mol. The number of pyridine rings is 1. The summed E-state index contributed by atoms with van der Waals surface area (Å²) in [4.78, 5) is 15.7. The van der Waals surface area contributed by atoms with Crippen LogP contribution in [0.3, 0.4) is 0 Å². The first-order valence-electron chi connectivity index (χ1n) is 5.39. The Labute approximate surface area is 104 Å². The van der Waals surface area contributed by atoms with Gasteiger partial charge in [0.15, 0.2) is 0 Å². The monoisotopic (exact) mass is 245 g/mol. The van der Waals surface area contributed by atoms with Crippen LogP contribution in [0.15, 0.2) is 42.7 Å². The van der Waals surface area contributed by atoms with Crippen molar-refractivity contribution in [3.05, 3.63) is 59.7 Å². The minimum atomic E-state index is -0.529. The number of carbonyl (C=O) groups excluding carboxylic acids is 1. The molecule has 3 N–H and O–H groups in total. The van der Waals surface area contributed by atoms with E-state index in [1.165, 1.54) is 18.2 Å². The topological polar surface area (TPSA) is 68.0 Å². The molecule has 0 aliphatic heterocycles. The number of nitrogens with zero attached hydrogens (tertiary/aromatic N) is 1. The fraction of sp³-hybridized carbons (Fsp3) is 0.0769. The van der Waals surface area contributed by atoms with Crippen LogP contribution < -0.4 is 11.1 Å². The van der Waals surface area contributed by atoms with Crippen LogP contribution >= 0.6 is 0 Å². The standard InChI is InChI=1S/C13H12FN3O/c14-11-4-3-10(6-12(11)15)13(18)17-8-9-2-1-5-16-7-9/h1-7H,8,15H2,(H,17,18). The van der Waals surface area contributed by atoms with Crippen LogP contribution in [0.2, 0.25) is 0 Å². The fourth-order valence-corrected chi connectivity index (χ4v) is 1.47. The molecule has 0 spiro atoms. The van der Waals surface area contributed by atoms with Crippen molar-refractivity contribution in [3.8, 4) is 0 Å². The molecule has 1 heterocycles. The number of halogens is 1. The van der Waals surface area contributed by atoms with Crippen LogP contribution in [0.1, 0.15) is 15.9 Å². The van der Waals surface area contributed by atoms with Crippen LogP contribution in [-0.4, -0.2) is 10.9 Å². The van der Waals surface area contributed by atoms with Crippen LogP contribution in [-0.2, 0) is 6.54 Å². The van der Waals surface area contributed by atoms with Crippen molar-refractivity contribution >= 4 is 11.6 Å². The van der Waals surface area contributed by atoms with Gasteiger partial charge >= 0.3 is 0 Å². The van der Waals surface area contributed by atoms with Gasteiger partial charge in [-0.25, -0.2) is 4.39 Å². The molecule has 5 heteroatoms. The molecule has 0 atom stereocenters. The van der Waals surface area contributed by atoms with E-state index < -0.39 is 5.82 Å². The fourth-order valence-electron chi connectivity index (χ4n) is 1.47. The van der Waals surface area contributed by atoms with E-state index in [2.05, 4.69) is 10.3 Å². The maximum Gasteiger partial charge on any atom is 0.251 e. The van der Waals surface area contributed by atoms with Crippen molar-refractivity contribution in [2.45, 2.75) is 6.54 Å². The second-order valence-electron chi connectivity index (χ2n) is 3.78. The highest BCUT2D eigenvalue weighted by Gasteiger charge is 2.07. The van der Waals surface area contributed by atoms with Crippen LogP contribution in [0.4, 0.5) is 10.1 Å². The van der Waals surface area contributed by atoms with Gasteiger partial charge in [0.1, 0.15) is 5.82 Å². The van der Waals surface area contributed by atoms with Crippen molar-refractivity contribution in [2.24, 2.45) is 0 Å². The average Bonchev–Trinajstić information content (AvgIpc) is 2.40. The van der Waals surface area contributed by atoms with E-state index in [9.17, 15) is 9.18 Å². The first-order valence-corrected chi connectivity index (χ1v) is 5.39. The summed E-state index contributed by atoms with van der Waals surface area (Å²) in [6, 6.07) is 7.52. The Morgan fingerprint density at radius 3 is 2.89 bits per heavy atom. The summed E-state index contributed by atoms with van der Waals surface area (Å²) in [5.74, 6) is -0.829. The largest absolute Gasteiger partial charge is 0.396 e. The third kappa shape index (κ3) is 2.82. The van der Waals surface area contributed by atoms with E-state index in [0.29, 0.717) is 12.1 Å². The molecule has 2 rings (SSSR count). The lowest BCUT2D eigenvalue weighted by Gasteiger charge is -2.06. The van der Waals surface area contributed by atoms with Gasteiger partial charge in [-0.05, 0) is 29.8 Å². The SMILES string of the molecule is Nc1cc(C(=O)NCc2cccnc2)ccc1F. The highest BCUT2D eigenvalue weighted by molar-refractivity contribution is 5.94. The zero-order valence-corrected chi connectivity index (χ0v) is 9.56. The van der Waals surface area contributed by atoms with Crippen molar-refractivity contribution in [3.63, 3.8) is 0 Å². The Morgan fingerprint density at radius 2 is 2.22 bits per heavy atom. The van der Waals surface area contributed by atoms with E-state index in [1.54, 1.807) is 18.5 Å². The van der Waals surface area contributed by atoms with E-state index >= 15 is 0 Å². The van der Waals surface area contributed by atoms with Crippen LogP contribution in [0.5, 0.6) is 0 Å². The number of nitrogens with two attached hydrogens (primary N) is 1. The maximum absolute atomic E-state index is 12.9. The second kappa shape index (κ2) is 5.27. The number of carbonyl (C=O) groups is 1. The summed E-state index contributed by atoms with van der Waals surface area (Å²) >= 11 is 0. The highest BCUT2D eigenvalue weighted by Crippen LogP contribution is 2.12. The molecule has 1 aromatic carbocycles. The van der Waals surface area contributed by atoms with Gasteiger partial charge in [-0.1, -0.05) is 6.07 Å². The summed E-state index contributed by atoms with van der Waals surface area (Å²) in [5, 5.41) is 2.70. The lowest BCUT2D eigenvalue weighted by atomic mass is 10.2. The van der Waals surface area contributed by atoms with E-state index in [0.717, 1.165) is 5.56 Å². The van der Waals surface area contributed by atoms with Crippen LogP contribution in [0.25, 0.3) is 0 Å². The number of nitrogen functional groups attached to an aromatic ring is 1. The number of hydrogen-bond acceptors (Lipinski definition) is 3. The summed E-state index contributed by atoms with van der Waals surface area (Å²) in [6.45, 7) is 0.365. The number of hydrogen-bond donors (Lipinski definition) is 2. The van der Waals surface area contributed by atoms with E-state index in [4.69, 9.17) is 5.73 Å². The van der Waals surface area contributed by atoms with Gasteiger partial charge in [0, 0.05) is 24.5 Å². The molecule has 1 aromatic heterocycles. The van der Waals surface area contributed by atoms with E-state index in [1.807, 2.05) is 6.07 Å². The number of benzene rings is 1. The third-order valence-corrected chi connectivity index (χ3v) is 2.43. The number of aromatic nitrogens is 1. The molecule has 18 heavy (non-hydrogen) atoms. The first-order chi connectivity index (χ1) is 8.66. The molecule has 0 fully saturated rings. The Kier molecular flexibility index (Phi) is 3.52. The van der Waals surface area contributed by atoms with Gasteiger partial charge in [0.05, 0.1) is 5.69 Å². The number of amides is 1. The maximum atomic E-state index is 12.9. The lowest BCUT2D eigenvalue weighted by molar-refractivity contribution is 0.0951. The summed E-state index contributed by atoms with van der Waals surface area (Å²) in [7, 11) is 0. The molecule has 1 amide bonds. The number of nitrogens with one attached hydrogen (secondary N) is 1. The van der Waals surface area contributed by atoms with Gasteiger partial charge < -0.3 is 11.1 Å². The third-order valence-electron chi connectivity index (χ3n) is 2.43. The zero-order chi connectivity index (χ0) is 13.0. The minimum Gasteiger partial charge on any atom is -0.396 e. The molecule has 0 radical (unpaired) electrons. The minimum absolute atomic E-state index is 0.0379. The quantitative estimate of drug-likeness (QED) is 0.809. The van der Waals surface area contributed by atoms with Gasteiger partial charge in [-0.3, -0.25) is 9.78 Å². The molecule has 0 unspecified atom stereocenters. The number of anilines is 1. The molecule has 4 nitrogen and oxygen atoms in total. The van der Waals surface area contributed by atoms with Crippen LogP contribution in [0, 0.1) is 5.82 Å². The Balaban J connectivity index is 2.02. The summed E-state index contributed by atoms with van der Waals surface area (Å²) < 4.78 is 12.9. The molecular weight excluding hydrogens is 233 g/mol. The van der Waals surface area contributed by atoms with Gasteiger partial charge in [0.2, 0.25) is 0 Å². The predicted molar refractivity (Wildman–Crippen MR) is 66.2 cm³/mol. The second-order valence-corrected chi connectivity index (χ2v) is 3.78. The smallest absolute Gasteiger partial charge is 0.251 e. The Morgan fingerprint density at radius 1 is 1.39 bits per heavy atom. The van der Waals surface area contributed by atoms with Crippen molar-refractivity contribution in [1.82, 2.24) is 10.3 Å². The van der Waals surface area contributed by atoms with E-state index in [-0.39, 0.29) is 11.6 Å².